The van der Waals surface area contributed by atoms with Crippen LogP contribution in [0.3, 0.4) is 0 Å². The zero-order chi connectivity index (χ0) is 15.0. The molecule has 1 aliphatic rings. The third-order valence-electron chi connectivity index (χ3n) is 3.46. The van der Waals surface area contributed by atoms with Crippen molar-refractivity contribution in [3.63, 3.8) is 0 Å². The Labute approximate surface area is 135 Å². The average Bonchev–Trinajstić information content (AvgIpc) is 2.88. The van der Waals surface area contributed by atoms with E-state index in [4.69, 9.17) is 0 Å². The highest BCUT2D eigenvalue weighted by atomic mass is 79.9. The Morgan fingerprint density at radius 3 is 2.90 bits per heavy atom. The first-order valence-corrected chi connectivity index (χ1v) is 8.23. The molecular weight excluding hydrogens is 353 g/mol. The SMILES string of the molecule is Cc1cc(Br)c(F)cc1NC(=O)C1Cc2ccccc2S1. The summed E-state index contributed by atoms with van der Waals surface area (Å²) in [6.45, 7) is 1.84. The van der Waals surface area contributed by atoms with Gasteiger partial charge in [0, 0.05) is 10.6 Å². The Hall–Kier alpha value is -1.33. The molecule has 21 heavy (non-hydrogen) atoms. The quantitative estimate of drug-likeness (QED) is 0.845. The predicted molar refractivity (Wildman–Crippen MR) is 87.3 cm³/mol. The van der Waals surface area contributed by atoms with Crippen LogP contribution in [-0.2, 0) is 11.2 Å². The van der Waals surface area contributed by atoms with Gasteiger partial charge in [0.2, 0.25) is 5.91 Å². The van der Waals surface area contributed by atoms with Gasteiger partial charge >= 0.3 is 0 Å². The number of fused-ring (bicyclic) bond motifs is 1. The Bertz CT molecular complexity index is 694. The second kappa shape index (κ2) is 5.81. The van der Waals surface area contributed by atoms with E-state index in [1.54, 1.807) is 17.8 Å². The number of hydrogen-bond donors (Lipinski definition) is 1. The smallest absolute Gasteiger partial charge is 0.238 e. The Kier molecular flexibility index (Phi) is 4.04. The third-order valence-corrected chi connectivity index (χ3v) is 5.39. The topological polar surface area (TPSA) is 29.1 Å². The van der Waals surface area contributed by atoms with Crippen molar-refractivity contribution in [3.8, 4) is 0 Å². The first-order chi connectivity index (χ1) is 10.0. The van der Waals surface area contributed by atoms with Crippen LogP contribution in [0.2, 0.25) is 0 Å². The Morgan fingerprint density at radius 1 is 1.38 bits per heavy atom. The van der Waals surface area contributed by atoms with Gasteiger partial charge in [0.05, 0.1) is 9.72 Å². The van der Waals surface area contributed by atoms with Crippen LogP contribution in [0.4, 0.5) is 10.1 Å². The molecule has 0 aliphatic carbocycles. The lowest BCUT2D eigenvalue weighted by molar-refractivity contribution is -0.115. The normalized spacial score (nSPS) is 16.6. The maximum atomic E-state index is 13.6. The maximum Gasteiger partial charge on any atom is 0.238 e. The van der Waals surface area contributed by atoms with Crippen molar-refractivity contribution < 1.29 is 9.18 Å². The molecule has 1 heterocycles. The Morgan fingerprint density at radius 2 is 2.14 bits per heavy atom. The number of amides is 1. The molecule has 2 aromatic rings. The first-order valence-electron chi connectivity index (χ1n) is 6.55. The van der Waals surface area contributed by atoms with Crippen molar-refractivity contribution in [2.45, 2.75) is 23.5 Å². The largest absolute Gasteiger partial charge is 0.325 e. The number of hydrogen-bond acceptors (Lipinski definition) is 2. The van der Waals surface area contributed by atoms with Gasteiger partial charge in [-0.15, -0.1) is 11.8 Å². The predicted octanol–water partition coefficient (Wildman–Crippen LogP) is 4.55. The highest BCUT2D eigenvalue weighted by molar-refractivity contribution is 9.10. The number of benzene rings is 2. The van der Waals surface area contributed by atoms with Crippen molar-refractivity contribution in [1.29, 1.82) is 0 Å². The fraction of sp³-hybridized carbons (Fsp3) is 0.188. The van der Waals surface area contributed by atoms with E-state index in [-0.39, 0.29) is 17.0 Å². The third kappa shape index (κ3) is 2.99. The van der Waals surface area contributed by atoms with Crippen molar-refractivity contribution in [2.24, 2.45) is 0 Å². The highest BCUT2D eigenvalue weighted by Crippen LogP contribution is 2.37. The monoisotopic (exact) mass is 365 g/mol. The summed E-state index contributed by atoms with van der Waals surface area (Å²) in [5.74, 6) is -0.459. The van der Waals surface area contributed by atoms with Gasteiger partial charge in [0.25, 0.3) is 0 Å². The van der Waals surface area contributed by atoms with Crippen LogP contribution in [0.5, 0.6) is 0 Å². The standard InChI is InChI=1S/C16H13BrFNOS/c1-9-6-11(17)12(18)8-13(9)19-16(20)15-7-10-4-2-3-5-14(10)21-15/h2-6,8,15H,7H2,1H3,(H,19,20). The lowest BCUT2D eigenvalue weighted by Crippen LogP contribution is -2.25. The molecule has 0 saturated carbocycles. The average molecular weight is 366 g/mol. The Balaban J connectivity index is 1.75. The maximum absolute atomic E-state index is 13.6. The molecule has 0 bridgehead atoms. The molecule has 0 spiro atoms. The van der Waals surface area contributed by atoms with Gasteiger partial charge in [0.1, 0.15) is 5.82 Å². The summed E-state index contributed by atoms with van der Waals surface area (Å²) in [4.78, 5) is 13.5. The van der Waals surface area contributed by atoms with Crippen molar-refractivity contribution >= 4 is 39.3 Å². The molecular formula is C16H13BrFNOS. The van der Waals surface area contributed by atoms with Crippen LogP contribution >= 0.6 is 27.7 Å². The van der Waals surface area contributed by atoms with E-state index in [9.17, 15) is 9.18 Å². The van der Waals surface area contributed by atoms with E-state index in [1.807, 2.05) is 31.2 Å². The number of nitrogens with one attached hydrogen (secondary N) is 1. The summed E-state index contributed by atoms with van der Waals surface area (Å²) in [6.07, 6.45) is 0.713. The van der Waals surface area contributed by atoms with Gasteiger partial charge in [-0.25, -0.2) is 4.39 Å². The molecule has 1 aliphatic heterocycles. The second-order valence-corrected chi connectivity index (χ2v) is 7.09. The van der Waals surface area contributed by atoms with Crippen molar-refractivity contribution in [2.75, 3.05) is 5.32 Å². The van der Waals surface area contributed by atoms with E-state index in [0.29, 0.717) is 16.6 Å². The van der Waals surface area contributed by atoms with Gasteiger partial charge < -0.3 is 5.32 Å². The molecule has 1 unspecified atom stereocenters. The summed E-state index contributed by atoms with van der Waals surface area (Å²) < 4.78 is 14.0. The summed E-state index contributed by atoms with van der Waals surface area (Å²) in [5, 5.41) is 2.68. The molecule has 1 amide bonds. The molecule has 2 aromatic carbocycles. The van der Waals surface area contributed by atoms with E-state index < -0.39 is 0 Å². The number of halogens is 2. The highest BCUT2D eigenvalue weighted by Gasteiger charge is 2.28. The van der Waals surface area contributed by atoms with E-state index >= 15 is 0 Å². The van der Waals surface area contributed by atoms with E-state index in [0.717, 1.165) is 10.5 Å². The molecule has 2 nitrogen and oxygen atoms in total. The molecule has 1 N–H and O–H groups in total. The van der Waals surface area contributed by atoms with Gasteiger partial charge in [-0.05, 0) is 58.6 Å². The van der Waals surface area contributed by atoms with Gasteiger partial charge in [-0.2, -0.15) is 0 Å². The summed E-state index contributed by atoms with van der Waals surface area (Å²) in [7, 11) is 0. The number of anilines is 1. The molecule has 0 saturated heterocycles. The van der Waals surface area contributed by atoms with Gasteiger partial charge in [-0.1, -0.05) is 18.2 Å². The second-order valence-electron chi connectivity index (χ2n) is 4.99. The molecule has 1 atom stereocenters. The van der Waals surface area contributed by atoms with Crippen LogP contribution in [0.15, 0.2) is 45.8 Å². The van der Waals surface area contributed by atoms with E-state index in [2.05, 4.69) is 21.2 Å². The molecule has 108 valence electrons. The fourth-order valence-corrected chi connectivity index (χ4v) is 3.98. The number of aryl methyl sites for hydroxylation is 1. The van der Waals surface area contributed by atoms with Crippen LogP contribution in [0.25, 0.3) is 0 Å². The molecule has 0 fully saturated rings. The molecule has 0 radical (unpaired) electrons. The van der Waals surface area contributed by atoms with Crippen LogP contribution in [-0.4, -0.2) is 11.2 Å². The molecule has 0 aromatic heterocycles. The minimum Gasteiger partial charge on any atom is -0.325 e. The van der Waals surface area contributed by atoms with E-state index in [1.165, 1.54) is 11.6 Å². The van der Waals surface area contributed by atoms with Crippen molar-refractivity contribution in [1.82, 2.24) is 0 Å². The zero-order valence-corrected chi connectivity index (χ0v) is 13.7. The number of rotatable bonds is 2. The number of carbonyl (C=O) groups is 1. The molecule has 3 rings (SSSR count). The summed E-state index contributed by atoms with van der Waals surface area (Å²) in [6, 6.07) is 11.0. The zero-order valence-electron chi connectivity index (χ0n) is 11.3. The lowest BCUT2D eigenvalue weighted by Gasteiger charge is -2.12. The number of thioether (sulfide) groups is 1. The summed E-state index contributed by atoms with van der Waals surface area (Å²) in [5.41, 5.74) is 2.55. The van der Waals surface area contributed by atoms with Gasteiger partial charge in [0.15, 0.2) is 0 Å². The molecule has 5 heteroatoms. The lowest BCUT2D eigenvalue weighted by atomic mass is 10.1. The van der Waals surface area contributed by atoms with Crippen LogP contribution in [0.1, 0.15) is 11.1 Å². The van der Waals surface area contributed by atoms with Crippen LogP contribution < -0.4 is 5.32 Å². The minimum absolute atomic E-state index is 0.0824. The van der Waals surface area contributed by atoms with Crippen molar-refractivity contribution in [3.05, 3.63) is 57.8 Å². The first kappa shape index (κ1) is 14.6. The fourth-order valence-electron chi connectivity index (χ4n) is 2.32. The van der Waals surface area contributed by atoms with Gasteiger partial charge in [-0.3, -0.25) is 4.79 Å². The van der Waals surface area contributed by atoms with Crippen LogP contribution in [0, 0.1) is 12.7 Å². The minimum atomic E-state index is -0.377. The summed E-state index contributed by atoms with van der Waals surface area (Å²) >= 11 is 4.70. The number of carbonyl (C=O) groups excluding carboxylic acids is 1.